The highest BCUT2D eigenvalue weighted by Gasteiger charge is 2.36. The first-order valence-electron chi connectivity index (χ1n) is 7.96. The zero-order valence-corrected chi connectivity index (χ0v) is 13.9. The maximum absolute atomic E-state index is 5.90. The van der Waals surface area contributed by atoms with Crippen molar-refractivity contribution in [2.75, 3.05) is 11.4 Å². The normalized spacial score (nSPS) is 27.4. The fraction of sp³-hybridized carbons (Fsp3) is 0.647. The van der Waals surface area contributed by atoms with E-state index in [1.54, 1.807) is 0 Å². The number of halogens is 1. The number of hydrogen-bond donors (Lipinski definition) is 1. The summed E-state index contributed by atoms with van der Waals surface area (Å²) in [6.07, 6.45) is 7.96. The molecule has 3 heteroatoms. The summed E-state index contributed by atoms with van der Waals surface area (Å²) >= 11 is 3.78. The predicted molar refractivity (Wildman–Crippen MR) is 89.2 cm³/mol. The van der Waals surface area contributed by atoms with Crippen LogP contribution in [0.1, 0.15) is 44.6 Å². The Morgan fingerprint density at radius 2 is 2.10 bits per heavy atom. The van der Waals surface area contributed by atoms with Crippen LogP contribution in [0.3, 0.4) is 0 Å². The second-order valence-corrected chi connectivity index (χ2v) is 7.42. The molecule has 1 aromatic rings. The molecule has 0 aromatic heterocycles. The second-order valence-electron chi connectivity index (χ2n) is 6.56. The van der Waals surface area contributed by atoms with Crippen LogP contribution >= 0.6 is 15.9 Å². The van der Waals surface area contributed by atoms with Crippen LogP contribution in [0.5, 0.6) is 0 Å². The minimum absolute atomic E-state index is 0.224. The molecule has 1 saturated heterocycles. The Morgan fingerprint density at radius 1 is 1.30 bits per heavy atom. The fourth-order valence-electron chi connectivity index (χ4n) is 3.99. The Balaban J connectivity index is 1.80. The minimum Gasteiger partial charge on any atom is -0.367 e. The van der Waals surface area contributed by atoms with E-state index in [0.717, 1.165) is 18.4 Å². The number of hydrogen-bond acceptors (Lipinski definition) is 2. The number of nitrogens with two attached hydrogens (primary N) is 1. The standard InChI is InChI=1S/C17H25BrN2/c1-12(19)10-13-6-7-17(15(18)11-13)20-9-8-14-4-2-3-5-16(14)20/h6-7,11-12,14,16H,2-5,8-10,19H2,1H3. The first-order chi connectivity index (χ1) is 9.65. The van der Waals surface area contributed by atoms with Crippen LogP contribution < -0.4 is 10.6 Å². The van der Waals surface area contributed by atoms with Crippen molar-refractivity contribution in [1.29, 1.82) is 0 Å². The van der Waals surface area contributed by atoms with Crippen molar-refractivity contribution in [2.45, 2.75) is 57.5 Å². The molecule has 2 nitrogen and oxygen atoms in total. The van der Waals surface area contributed by atoms with E-state index in [-0.39, 0.29) is 6.04 Å². The molecule has 3 rings (SSSR count). The van der Waals surface area contributed by atoms with Gasteiger partial charge in [0.2, 0.25) is 0 Å². The maximum atomic E-state index is 5.90. The predicted octanol–water partition coefficient (Wildman–Crippen LogP) is 4.11. The summed E-state index contributed by atoms with van der Waals surface area (Å²) in [6.45, 7) is 3.29. The lowest BCUT2D eigenvalue weighted by Gasteiger charge is -2.33. The second kappa shape index (κ2) is 6.07. The van der Waals surface area contributed by atoms with Gasteiger partial charge in [0.1, 0.15) is 0 Å². The molecule has 0 bridgehead atoms. The Morgan fingerprint density at radius 3 is 2.85 bits per heavy atom. The van der Waals surface area contributed by atoms with Crippen molar-refractivity contribution in [3.05, 3.63) is 28.2 Å². The van der Waals surface area contributed by atoms with Gasteiger partial charge in [-0.25, -0.2) is 0 Å². The molecule has 0 amide bonds. The first kappa shape index (κ1) is 14.4. The van der Waals surface area contributed by atoms with E-state index in [2.05, 4.69) is 46.0 Å². The van der Waals surface area contributed by atoms with E-state index in [1.165, 1.54) is 54.4 Å². The average molecular weight is 337 g/mol. The van der Waals surface area contributed by atoms with Gasteiger partial charge in [-0.2, -0.15) is 0 Å². The molecule has 20 heavy (non-hydrogen) atoms. The van der Waals surface area contributed by atoms with Crippen molar-refractivity contribution in [3.63, 3.8) is 0 Å². The molecule has 1 aromatic carbocycles. The molecule has 2 aliphatic rings. The van der Waals surface area contributed by atoms with Crippen LogP contribution in [0.25, 0.3) is 0 Å². The molecule has 3 atom stereocenters. The van der Waals surface area contributed by atoms with Crippen molar-refractivity contribution in [3.8, 4) is 0 Å². The van der Waals surface area contributed by atoms with Gasteiger partial charge < -0.3 is 10.6 Å². The lowest BCUT2D eigenvalue weighted by molar-refractivity contribution is 0.342. The SMILES string of the molecule is CC(N)Cc1ccc(N2CCC3CCCCC32)c(Br)c1. The van der Waals surface area contributed by atoms with E-state index in [9.17, 15) is 0 Å². The number of nitrogens with zero attached hydrogens (tertiary/aromatic N) is 1. The molecule has 1 saturated carbocycles. The molecule has 2 N–H and O–H groups in total. The van der Waals surface area contributed by atoms with Crippen LogP contribution in [0.15, 0.2) is 22.7 Å². The molecule has 3 unspecified atom stereocenters. The van der Waals surface area contributed by atoms with Crippen LogP contribution in [0.2, 0.25) is 0 Å². The van der Waals surface area contributed by atoms with Gasteiger partial charge >= 0.3 is 0 Å². The molecular formula is C17H25BrN2. The molecule has 1 heterocycles. The third-order valence-corrected chi connectivity index (χ3v) is 5.52. The molecule has 1 aliphatic heterocycles. The average Bonchev–Trinajstić information content (AvgIpc) is 2.82. The highest BCUT2D eigenvalue weighted by atomic mass is 79.9. The first-order valence-corrected chi connectivity index (χ1v) is 8.75. The Labute approximate surface area is 130 Å². The maximum Gasteiger partial charge on any atom is 0.0513 e. The summed E-state index contributed by atoms with van der Waals surface area (Å²) in [5.41, 5.74) is 8.61. The lowest BCUT2D eigenvalue weighted by Crippen LogP contribution is -2.34. The monoisotopic (exact) mass is 336 g/mol. The van der Waals surface area contributed by atoms with Gasteiger partial charge in [-0.15, -0.1) is 0 Å². The van der Waals surface area contributed by atoms with Gasteiger partial charge in [0.05, 0.1) is 5.69 Å². The molecule has 1 aliphatic carbocycles. The number of fused-ring (bicyclic) bond motifs is 1. The van der Waals surface area contributed by atoms with Gasteiger partial charge in [-0.05, 0) is 72.2 Å². The molecular weight excluding hydrogens is 312 g/mol. The van der Waals surface area contributed by atoms with Gasteiger partial charge in [0, 0.05) is 23.1 Å². The van der Waals surface area contributed by atoms with Crippen LogP contribution in [0.4, 0.5) is 5.69 Å². The third-order valence-electron chi connectivity index (χ3n) is 4.89. The Hall–Kier alpha value is -0.540. The van der Waals surface area contributed by atoms with E-state index in [4.69, 9.17) is 5.73 Å². The van der Waals surface area contributed by atoms with Crippen LogP contribution in [0, 0.1) is 5.92 Å². The summed E-state index contributed by atoms with van der Waals surface area (Å²) in [5, 5.41) is 0. The topological polar surface area (TPSA) is 29.3 Å². The molecule has 2 fully saturated rings. The molecule has 110 valence electrons. The smallest absolute Gasteiger partial charge is 0.0513 e. The van der Waals surface area contributed by atoms with Crippen molar-refractivity contribution < 1.29 is 0 Å². The highest BCUT2D eigenvalue weighted by molar-refractivity contribution is 9.10. The number of anilines is 1. The summed E-state index contributed by atoms with van der Waals surface area (Å²) in [5.74, 6) is 0.930. The van der Waals surface area contributed by atoms with Gasteiger partial charge in [-0.3, -0.25) is 0 Å². The highest BCUT2D eigenvalue weighted by Crippen LogP contribution is 2.41. The van der Waals surface area contributed by atoms with E-state index < -0.39 is 0 Å². The quantitative estimate of drug-likeness (QED) is 0.899. The zero-order valence-electron chi connectivity index (χ0n) is 12.3. The molecule has 0 spiro atoms. The minimum atomic E-state index is 0.224. The Bertz CT molecular complexity index is 472. The summed E-state index contributed by atoms with van der Waals surface area (Å²) < 4.78 is 1.24. The van der Waals surface area contributed by atoms with E-state index in [0.29, 0.717) is 0 Å². The van der Waals surface area contributed by atoms with Gasteiger partial charge in [0.25, 0.3) is 0 Å². The van der Waals surface area contributed by atoms with Gasteiger partial charge in [-0.1, -0.05) is 18.9 Å². The van der Waals surface area contributed by atoms with Gasteiger partial charge in [0.15, 0.2) is 0 Å². The number of rotatable bonds is 3. The largest absolute Gasteiger partial charge is 0.367 e. The summed E-state index contributed by atoms with van der Waals surface area (Å²) in [4.78, 5) is 2.64. The third kappa shape index (κ3) is 2.89. The van der Waals surface area contributed by atoms with Crippen molar-refractivity contribution in [2.24, 2.45) is 11.7 Å². The van der Waals surface area contributed by atoms with Crippen molar-refractivity contribution in [1.82, 2.24) is 0 Å². The van der Waals surface area contributed by atoms with Crippen molar-refractivity contribution >= 4 is 21.6 Å². The van der Waals surface area contributed by atoms with E-state index >= 15 is 0 Å². The van der Waals surface area contributed by atoms with Crippen LogP contribution in [-0.2, 0) is 6.42 Å². The Kier molecular flexibility index (Phi) is 4.37. The fourth-order valence-corrected chi connectivity index (χ4v) is 4.64. The summed E-state index contributed by atoms with van der Waals surface area (Å²) in [6, 6.07) is 7.80. The summed E-state index contributed by atoms with van der Waals surface area (Å²) in [7, 11) is 0. The lowest BCUT2D eigenvalue weighted by atomic mass is 9.85. The zero-order chi connectivity index (χ0) is 14.1. The van der Waals surface area contributed by atoms with Crippen LogP contribution in [-0.4, -0.2) is 18.6 Å². The molecule has 0 radical (unpaired) electrons. The number of benzene rings is 1. The van der Waals surface area contributed by atoms with E-state index in [1.807, 2.05) is 0 Å².